The summed E-state index contributed by atoms with van der Waals surface area (Å²) in [7, 11) is 0. The Hall–Kier alpha value is -2.04. The second kappa shape index (κ2) is 5.53. The first-order chi connectivity index (χ1) is 9.35. The largest absolute Gasteiger partial charge is 0.481 e. The number of benzene rings is 1. The Morgan fingerprint density at radius 2 is 2.10 bits per heavy atom. The van der Waals surface area contributed by atoms with Gasteiger partial charge in [0, 0.05) is 6.54 Å². The van der Waals surface area contributed by atoms with Gasteiger partial charge in [0.05, 0.1) is 5.92 Å². The van der Waals surface area contributed by atoms with Crippen LogP contribution in [0.4, 0.5) is 6.01 Å². The van der Waals surface area contributed by atoms with Gasteiger partial charge in [0.25, 0.3) is 6.01 Å². The van der Waals surface area contributed by atoms with E-state index in [0.717, 1.165) is 5.52 Å². The summed E-state index contributed by atoms with van der Waals surface area (Å²) in [4.78, 5) is 15.5. The Morgan fingerprint density at radius 3 is 2.70 bits per heavy atom. The van der Waals surface area contributed by atoms with Crippen molar-refractivity contribution in [1.82, 2.24) is 4.98 Å². The lowest BCUT2D eigenvalue weighted by Crippen LogP contribution is -2.27. The van der Waals surface area contributed by atoms with Crippen molar-refractivity contribution in [2.24, 2.45) is 11.3 Å². The lowest BCUT2D eigenvalue weighted by molar-refractivity contribution is -0.142. The first-order valence-corrected chi connectivity index (χ1v) is 6.67. The molecule has 0 bridgehead atoms. The minimum atomic E-state index is -0.802. The molecule has 20 heavy (non-hydrogen) atoms. The highest BCUT2D eigenvalue weighted by Crippen LogP contribution is 2.25. The first-order valence-electron chi connectivity index (χ1n) is 6.67. The molecule has 2 aromatic rings. The number of rotatable bonds is 5. The summed E-state index contributed by atoms with van der Waals surface area (Å²) in [5, 5.41) is 12.2. The second-order valence-corrected chi connectivity index (χ2v) is 6.17. The molecule has 0 aliphatic heterocycles. The Morgan fingerprint density at radius 1 is 1.40 bits per heavy atom. The SMILES string of the molecule is CC(C)(C)CC(CNc1nc2ccccc2o1)C(=O)O. The van der Waals surface area contributed by atoms with Crippen LogP contribution in [0.25, 0.3) is 11.1 Å². The van der Waals surface area contributed by atoms with Crippen LogP contribution in [0.1, 0.15) is 27.2 Å². The summed E-state index contributed by atoms with van der Waals surface area (Å²) in [6.45, 7) is 6.40. The molecule has 0 fully saturated rings. The predicted molar refractivity (Wildman–Crippen MR) is 77.7 cm³/mol. The number of hydrogen-bond acceptors (Lipinski definition) is 4. The molecule has 1 heterocycles. The first kappa shape index (κ1) is 14.4. The highest BCUT2D eigenvalue weighted by molar-refractivity contribution is 5.74. The maximum Gasteiger partial charge on any atom is 0.308 e. The van der Waals surface area contributed by atoms with Gasteiger partial charge in [-0.2, -0.15) is 4.98 Å². The third-order valence-corrected chi connectivity index (χ3v) is 3.00. The Labute approximate surface area is 118 Å². The van der Waals surface area contributed by atoms with Crippen molar-refractivity contribution in [1.29, 1.82) is 0 Å². The molecular weight excluding hydrogens is 256 g/mol. The zero-order chi connectivity index (χ0) is 14.8. The Bertz CT molecular complexity index is 565. The number of fused-ring (bicyclic) bond motifs is 1. The fourth-order valence-electron chi connectivity index (χ4n) is 2.14. The maximum atomic E-state index is 11.3. The van der Waals surface area contributed by atoms with Gasteiger partial charge in [-0.15, -0.1) is 0 Å². The lowest BCUT2D eigenvalue weighted by atomic mass is 9.84. The van der Waals surface area contributed by atoms with Crippen LogP contribution >= 0.6 is 0 Å². The van der Waals surface area contributed by atoms with Crippen LogP contribution in [-0.2, 0) is 4.79 Å². The molecule has 1 aromatic heterocycles. The second-order valence-electron chi connectivity index (χ2n) is 6.17. The summed E-state index contributed by atoms with van der Waals surface area (Å²) in [5.74, 6) is -1.27. The molecule has 0 radical (unpaired) electrons. The molecule has 0 amide bonds. The number of nitrogens with one attached hydrogen (secondary N) is 1. The molecule has 1 atom stereocenters. The van der Waals surface area contributed by atoms with Gasteiger partial charge in [-0.05, 0) is 24.0 Å². The number of para-hydroxylation sites is 2. The van der Waals surface area contributed by atoms with Gasteiger partial charge in [0.2, 0.25) is 0 Å². The van der Waals surface area contributed by atoms with Crippen LogP contribution in [0.15, 0.2) is 28.7 Å². The maximum absolute atomic E-state index is 11.3. The monoisotopic (exact) mass is 276 g/mol. The van der Waals surface area contributed by atoms with Crippen molar-refractivity contribution in [2.45, 2.75) is 27.2 Å². The normalized spacial score (nSPS) is 13.3. The lowest BCUT2D eigenvalue weighted by Gasteiger charge is -2.23. The summed E-state index contributed by atoms with van der Waals surface area (Å²) in [5.41, 5.74) is 1.42. The van der Waals surface area contributed by atoms with Crippen molar-refractivity contribution < 1.29 is 14.3 Å². The van der Waals surface area contributed by atoms with E-state index in [1.165, 1.54) is 0 Å². The van der Waals surface area contributed by atoms with Crippen molar-refractivity contribution in [3.05, 3.63) is 24.3 Å². The van der Waals surface area contributed by atoms with Crippen LogP contribution < -0.4 is 5.32 Å². The molecule has 0 saturated carbocycles. The van der Waals surface area contributed by atoms with Crippen molar-refractivity contribution >= 4 is 23.1 Å². The van der Waals surface area contributed by atoms with Crippen molar-refractivity contribution in [3.63, 3.8) is 0 Å². The Kier molecular flexibility index (Phi) is 3.97. The Balaban J connectivity index is 2.03. The van der Waals surface area contributed by atoms with E-state index < -0.39 is 11.9 Å². The minimum Gasteiger partial charge on any atom is -0.481 e. The van der Waals surface area contributed by atoms with Crippen LogP contribution in [0, 0.1) is 11.3 Å². The van der Waals surface area contributed by atoms with Gasteiger partial charge in [0.1, 0.15) is 5.52 Å². The molecule has 1 aromatic carbocycles. The van der Waals surface area contributed by atoms with Gasteiger partial charge in [-0.25, -0.2) is 0 Å². The van der Waals surface area contributed by atoms with Crippen LogP contribution in [0.2, 0.25) is 0 Å². The molecule has 0 aliphatic carbocycles. The zero-order valence-corrected chi connectivity index (χ0v) is 12.0. The number of carbonyl (C=O) groups is 1. The fourth-order valence-corrected chi connectivity index (χ4v) is 2.14. The molecule has 1 unspecified atom stereocenters. The third kappa shape index (κ3) is 3.73. The molecule has 0 spiro atoms. The third-order valence-electron chi connectivity index (χ3n) is 3.00. The topological polar surface area (TPSA) is 75.4 Å². The molecule has 108 valence electrons. The van der Waals surface area contributed by atoms with E-state index in [1.807, 2.05) is 45.0 Å². The number of oxazole rings is 1. The highest BCUT2D eigenvalue weighted by atomic mass is 16.4. The van der Waals surface area contributed by atoms with Gasteiger partial charge in [-0.3, -0.25) is 4.79 Å². The van der Waals surface area contributed by atoms with Gasteiger partial charge in [0.15, 0.2) is 5.58 Å². The van der Waals surface area contributed by atoms with Gasteiger partial charge >= 0.3 is 5.97 Å². The quantitative estimate of drug-likeness (QED) is 0.875. The minimum absolute atomic E-state index is 0.0357. The zero-order valence-electron chi connectivity index (χ0n) is 12.0. The van der Waals surface area contributed by atoms with E-state index in [1.54, 1.807) is 0 Å². The number of carboxylic acid groups (broad SMARTS) is 1. The summed E-state index contributed by atoms with van der Waals surface area (Å²) >= 11 is 0. The van der Waals surface area contributed by atoms with E-state index in [2.05, 4.69) is 10.3 Å². The van der Waals surface area contributed by atoms with Gasteiger partial charge in [-0.1, -0.05) is 32.9 Å². The number of aromatic nitrogens is 1. The summed E-state index contributed by atoms with van der Waals surface area (Å²) in [6, 6.07) is 7.81. The van der Waals surface area contributed by atoms with E-state index >= 15 is 0 Å². The van der Waals surface area contributed by atoms with Crippen LogP contribution in [-0.4, -0.2) is 22.6 Å². The average molecular weight is 276 g/mol. The van der Waals surface area contributed by atoms with Crippen molar-refractivity contribution in [3.8, 4) is 0 Å². The number of aliphatic carboxylic acids is 1. The van der Waals surface area contributed by atoms with Gasteiger partial charge < -0.3 is 14.8 Å². The van der Waals surface area contributed by atoms with Crippen LogP contribution in [0.3, 0.4) is 0 Å². The summed E-state index contributed by atoms with van der Waals surface area (Å²) < 4.78 is 5.51. The molecule has 2 rings (SSSR count). The van der Waals surface area contributed by atoms with E-state index in [9.17, 15) is 9.90 Å². The molecule has 5 nitrogen and oxygen atoms in total. The number of anilines is 1. The molecular formula is C15H20N2O3. The molecule has 2 N–H and O–H groups in total. The van der Waals surface area contributed by atoms with Crippen LogP contribution in [0.5, 0.6) is 0 Å². The standard InChI is InChI=1S/C15H20N2O3/c1-15(2,3)8-10(13(18)19)9-16-14-17-11-6-4-5-7-12(11)20-14/h4-7,10H,8-9H2,1-3H3,(H,16,17)(H,18,19). The fraction of sp³-hybridized carbons (Fsp3) is 0.467. The number of carboxylic acids is 1. The van der Waals surface area contributed by atoms with E-state index in [-0.39, 0.29) is 5.41 Å². The smallest absolute Gasteiger partial charge is 0.308 e. The number of hydrogen-bond donors (Lipinski definition) is 2. The highest BCUT2D eigenvalue weighted by Gasteiger charge is 2.24. The molecule has 0 saturated heterocycles. The van der Waals surface area contributed by atoms with E-state index in [4.69, 9.17) is 4.42 Å². The predicted octanol–water partition coefficient (Wildman–Crippen LogP) is 3.38. The molecule has 5 heteroatoms. The van der Waals surface area contributed by atoms with Crippen molar-refractivity contribution in [2.75, 3.05) is 11.9 Å². The van der Waals surface area contributed by atoms with E-state index in [0.29, 0.717) is 24.6 Å². The average Bonchev–Trinajstić information content (AvgIpc) is 2.75. The number of nitrogens with zero attached hydrogens (tertiary/aromatic N) is 1. The summed E-state index contributed by atoms with van der Waals surface area (Å²) in [6.07, 6.45) is 0.593. The molecule has 0 aliphatic rings.